The van der Waals surface area contributed by atoms with Crippen LogP contribution in [0.1, 0.15) is 24.9 Å². The molecule has 1 rings (SSSR count). The van der Waals surface area contributed by atoms with E-state index in [9.17, 15) is 0 Å². The van der Waals surface area contributed by atoms with Crippen LogP contribution >= 0.6 is 23.4 Å². The first kappa shape index (κ1) is 15.8. The Morgan fingerprint density at radius 2 is 1.94 bits per heavy atom. The smallest absolute Gasteiger partial charge is 0.0406 e. The largest absolute Gasteiger partial charge is 0.329 e. The van der Waals surface area contributed by atoms with Gasteiger partial charge in [-0.05, 0) is 50.1 Å². The molecule has 0 bridgehead atoms. The number of likely N-dealkylation sites (N-methyl/N-ethyl adjacent to an activating group) is 1. The van der Waals surface area contributed by atoms with E-state index in [2.05, 4.69) is 37.3 Å². The predicted octanol–water partition coefficient (Wildman–Crippen LogP) is 3.41. The molecule has 0 aromatic heterocycles. The van der Waals surface area contributed by atoms with Gasteiger partial charge in [0.05, 0.1) is 0 Å². The highest BCUT2D eigenvalue weighted by Crippen LogP contribution is 2.23. The summed E-state index contributed by atoms with van der Waals surface area (Å²) in [6, 6.07) is 8.86. The second kappa shape index (κ2) is 8.05. The van der Waals surface area contributed by atoms with Crippen LogP contribution in [0.3, 0.4) is 0 Å². The van der Waals surface area contributed by atoms with Crippen LogP contribution in [-0.2, 0) is 0 Å². The Kier molecular flexibility index (Phi) is 7.08. The molecule has 0 amide bonds. The Bertz CT molecular complexity index is 342. The first-order chi connectivity index (χ1) is 8.60. The first-order valence-electron chi connectivity index (χ1n) is 6.26. The Balaban J connectivity index is 2.68. The summed E-state index contributed by atoms with van der Waals surface area (Å²) in [6.45, 7) is 2.92. The minimum absolute atomic E-state index is 0.359. The third kappa shape index (κ3) is 4.47. The molecule has 2 atom stereocenters. The second-order valence-corrected chi connectivity index (χ2v) is 5.99. The summed E-state index contributed by atoms with van der Waals surface area (Å²) < 4.78 is 0. The van der Waals surface area contributed by atoms with E-state index < -0.39 is 0 Å². The fraction of sp³-hybridized carbons (Fsp3) is 0.571. The van der Waals surface area contributed by atoms with Gasteiger partial charge in [-0.15, -0.1) is 0 Å². The Morgan fingerprint density at radius 3 is 2.44 bits per heavy atom. The van der Waals surface area contributed by atoms with Crippen molar-refractivity contribution in [2.45, 2.75) is 25.4 Å². The van der Waals surface area contributed by atoms with Gasteiger partial charge in [-0.25, -0.2) is 0 Å². The first-order valence-corrected chi connectivity index (χ1v) is 8.03. The molecule has 0 fully saturated rings. The van der Waals surface area contributed by atoms with Gasteiger partial charge in [0.2, 0.25) is 0 Å². The molecule has 0 saturated heterocycles. The van der Waals surface area contributed by atoms with E-state index in [1.807, 2.05) is 23.9 Å². The summed E-state index contributed by atoms with van der Waals surface area (Å²) in [6.07, 6.45) is 3.27. The lowest BCUT2D eigenvalue weighted by Gasteiger charge is -2.32. The number of nitrogens with two attached hydrogens (primary N) is 1. The van der Waals surface area contributed by atoms with Gasteiger partial charge in [0.15, 0.2) is 0 Å². The molecule has 2 N–H and O–H groups in total. The Morgan fingerprint density at radius 1 is 1.33 bits per heavy atom. The summed E-state index contributed by atoms with van der Waals surface area (Å²) in [4.78, 5) is 2.36. The van der Waals surface area contributed by atoms with Gasteiger partial charge in [-0.3, -0.25) is 4.90 Å². The predicted molar refractivity (Wildman–Crippen MR) is 83.5 cm³/mol. The molecule has 0 spiro atoms. The molecular formula is C14H23ClN2S. The highest BCUT2D eigenvalue weighted by Gasteiger charge is 2.19. The van der Waals surface area contributed by atoms with Crippen molar-refractivity contribution < 1.29 is 0 Å². The van der Waals surface area contributed by atoms with Crippen molar-refractivity contribution >= 4 is 23.4 Å². The van der Waals surface area contributed by atoms with Gasteiger partial charge in [0.1, 0.15) is 0 Å². The molecule has 0 saturated carbocycles. The molecule has 0 radical (unpaired) electrons. The average molecular weight is 287 g/mol. The molecule has 1 aromatic carbocycles. The SMILES string of the molecule is CSCCC(CN)N(C)C(C)c1ccc(Cl)cc1. The lowest BCUT2D eigenvalue weighted by atomic mass is 10.0. The van der Waals surface area contributed by atoms with E-state index >= 15 is 0 Å². The van der Waals surface area contributed by atoms with Gasteiger partial charge < -0.3 is 5.73 Å². The van der Waals surface area contributed by atoms with Crippen LogP contribution in [0.25, 0.3) is 0 Å². The molecule has 102 valence electrons. The van der Waals surface area contributed by atoms with Gasteiger partial charge in [-0.2, -0.15) is 11.8 Å². The fourth-order valence-corrected chi connectivity index (χ4v) is 2.67. The quantitative estimate of drug-likeness (QED) is 0.833. The topological polar surface area (TPSA) is 29.3 Å². The number of halogens is 1. The van der Waals surface area contributed by atoms with Crippen LogP contribution in [0.4, 0.5) is 0 Å². The number of thioether (sulfide) groups is 1. The zero-order valence-electron chi connectivity index (χ0n) is 11.4. The maximum atomic E-state index is 5.92. The molecule has 0 aliphatic carbocycles. The van der Waals surface area contributed by atoms with Crippen LogP contribution in [0.15, 0.2) is 24.3 Å². The number of hydrogen-bond donors (Lipinski definition) is 1. The molecular weight excluding hydrogens is 264 g/mol. The van der Waals surface area contributed by atoms with Gasteiger partial charge >= 0.3 is 0 Å². The summed E-state index contributed by atoms with van der Waals surface area (Å²) in [7, 11) is 2.15. The van der Waals surface area contributed by atoms with Crippen LogP contribution in [-0.4, -0.2) is 36.5 Å². The van der Waals surface area contributed by atoms with Crippen LogP contribution in [0.5, 0.6) is 0 Å². The summed E-state index contributed by atoms with van der Waals surface area (Å²) in [5.41, 5.74) is 7.16. The van der Waals surface area contributed by atoms with Crippen LogP contribution in [0, 0.1) is 0 Å². The zero-order valence-corrected chi connectivity index (χ0v) is 13.0. The standard InChI is InChI=1S/C14H23ClN2S/c1-11(12-4-6-13(15)7-5-12)17(2)14(10-16)8-9-18-3/h4-7,11,14H,8-10,16H2,1-3H3. The van der Waals surface area contributed by atoms with E-state index in [4.69, 9.17) is 17.3 Å². The average Bonchev–Trinajstić information content (AvgIpc) is 2.39. The van der Waals surface area contributed by atoms with E-state index in [0.717, 1.165) is 17.2 Å². The van der Waals surface area contributed by atoms with Crippen molar-refractivity contribution in [3.63, 3.8) is 0 Å². The van der Waals surface area contributed by atoms with E-state index in [0.29, 0.717) is 18.6 Å². The van der Waals surface area contributed by atoms with Gasteiger partial charge in [0.25, 0.3) is 0 Å². The van der Waals surface area contributed by atoms with Crippen LogP contribution in [0.2, 0.25) is 5.02 Å². The number of hydrogen-bond acceptors (Lipinski definition) is 3. The number of benzene rings is 1. The van der Waals surface area contributed by atoms with E-state index in [1.165, 1.54) is 5.56 Å². The molecule has 0 aliphatic heterocycles. The van der Waals surface area contributed by atoms with Crippen molar-refractivity contribution in [2.24, 2.45) is 5.73 Å². The van der Waals surface area contributed by atoms with E-state index in [-0.39, 0.29) is 0 Å². The molecule has 2 nitrogen and oxygen atoms in total. The Labute approximate surface area is 120 Å². The minimum Gasteiger partial charge on any atom is -0.329 e. The third-order valence-electron chi connectivity index (χ3n) is 3.47. The molecule has 18 heavy (non-hydrogen) atoms. The fourth-order valence-electron chi connectivity index (χ4n) is 2.03. The van der Waals surface area contributed by atoms with Crippen molar-refractivity contribution in [1.29, 1.82) is 0 Å². The zero-order chi connectivity index (χ0) is 13.5. The molecule has 0 aliphatic rings. The lowest BCUT2D eigenvalue weighted by molar-refractivity contribution is 0.185. The summed E-state index contributed by atoms with van der Waals surface area (Å²) in [5.74, 6) is 1.15. The second-order valence-electron chi connectivity index (χ2n) is 4.56. The lowest BCUT2D eigenvalue weighted by Crippen LogP contribution is -2.39. The number of nitrogens with zero attached hydrogens (tertiary/aromatic N) is 1. The third-order valence-corrected chi connectivity index (χ3v) is 4.36. The highest BCUT2D eigenvalue weighted by atomic mass is 35.5. The molecule has 2 unspecified atom stereocenters. The highest BCUT2D eigenvalue weighted by molar-refractivity contribution is 7.98. The number of rotatable bonds is 7. The van der Waals surface area contributed by atoms with Crippen molar-refractivity contribution in [1.82, 2.24) is 4.90 Å². The summed E-state index contributed by atoms with van der Waals surface area (Å²) in [5, 5.41) is 0.784. The Hall–Kier alpha value is -0.220. The van der Waals surface area contributed by atoms with Gasteiger partial charge in [-0.1, -0.05) is 23.7 Å². The minimum atomic E-state index is 0.359. The summed E-state index contributed by atoms with van der Waals surface area (Å²) >= 11 is 7.79. The normalized spacial score (nSPS) is 14.8. The van der Waals surface area contributed by atoms with Crippen molar-refractivity contribution in [2.75, 3.05) is 25.6 Å². The van der Waals surface area contributed by atoms with Crippen LogP contribution < -0.4 is 5.73 Å². The molecule has 1 aromatic rings. The maximum Gasteiger partial charge on any atom is 0.0406 e. The maximum absolute atomic E-state index is 5.92. The van der Waals surface area contributed by atoms with Crippen molar-refractivity contribution in [3.05, 3.63) is 34.9 Å². The monoisotopic (exact) mass is 286 g/mol. The van der Waals surface area contributed by atoms with E-state index in [1.54, 1.807) is 0 Å². The molecule has 0 heterocycles. The molecule has 4 heteroatoms. The van der Waals surface area contributed by atoms with Crippen molar-refractivity contribution in [3.8, 4) is 0 Å². The van der Waals surface area contributed by atoms with Gasteiger partial charge in [0, 0.05) is 23.7 Å².